The van der Waals surface area contributed by atoms with Gasteiger partial charge in [0, 0.05) is 6.20 Å². The highest BCUT2D eigenvalue weighted by atomic mass is 19.4. The van der Waals surface area contributed by atoms with Gasteiger partial charge in [-0.15, -0.1) is 0 Å². The van der Waals surface area contributed by atoms with Crippen molar-refractivity contribution in [2.75, 3.05) is 7.11 Å². The van der Waals surface area contributed by atoms with Gasteiger partial charge in [-0.3, -0.25) is 9.78 Å². The van der Waals surface area contributed by atoms with Crippen molar-refractivity contribution >= 4 is 5.97 Å². The van der Waals surface area contributed by atoms with E-state index in [0.29, 0.717) is 19.0 Å². The fourth-order valence-corrected chi connectivity index (χ4v) is 2.73. The number of esters is 1. The Hall–Kier alpha value is -2.61. The van der Waals surface area contributed by atoms with Gasteiger partial charge in [0.1, 0.15) is 5.41 Å². The first-order valence-corrected chi connectivity index (χ1v) is 6.73. The third-order valence-electron chi connectivity index (χ3n) is 3.97. The quantitative estimate of drug-likeness (QED) is 0.795. The van der Waals surface area contributed by atoms with Gasteiger partial charge >= 0.3 is 12.1 Å². The van der Waals surface area contributed by atoms with Crippen LogP contribution in [0.4, 0.5) is 13.2 Å². The number of carbonyl (C=O) groups is 1. The molecule has 120 valence electrons. The molecule has 1 unspecified atom stereocenters. The summed E-state index contributed by atoms with van der Waals surface area (Å²) >= 11 is 0. The Morgan fingerprint density at radius 1 is 1.35 bits per heavy atom. The summed E-state index contributed by atoms with van der Waals surface area (Å²) in [5.74, 6) is -2.59. The average molecular weight is 323 g/mol. The Labute approximate surface area is 130 Å². The van der Waals surface area contributed by atoms with Crippen LogP contribution in [0.5, 0.6) is 0 Å². The second-order valence-corrected chi connectivity index (χ2v) is 5.26. The van der Waals surface area contributed by atoms with Gasteiger partial charge in [-0.1, -0.05) is 0 Å². The molecule has 1 atom stereocenters. The number of aromatic nitrogens is 1. The third kappa shape index (κ3) is 2.72. The van der Waals surface area contributed by atoms with E-state index in [9.17, 15) is 28.5 Å². The van der Waals surface area contributed by atoms with Gasteiger partial charge in [0.15, 0.2) is 5.92 Å². The highest BCUT2D eigenvalue weighted by molar-refractivity contribution is 5.85. The number of alkyl halides is 3. The van der Waals surface area contributed by atoms with Gasteiger partial charge in [-0.25, -0.2) is 0 Å². The van der Waals surface area contributed by atoms with Crippen LogP contribution in [-0.2, 0) is 21.1 Å². The van der Waals surface area contributed by atoms with E-state index < -0.39 is 29.0 Å². The summed E-state index contributed by atoms with van der Waals surface area (Å²) in [5.41, 5.74) is -2.68. The molecule has 0 bridgehead atoms. The molecule has 0 amide bonds. The van der Waals surface area contributed by atoms with E-state index in [-0.39, 0.29) is 11.6 Å². The van der Waals surface area contributed by atoms with Crippen molar-refractivity contribution in [1.82, 2.24) is 4.98 Å². The van der Waals surface area contributed by atoms with E-state index in [4.69, 9.17) is 4.74 Å². The lowest BCUT2D eigenvalue weighted by molar-refractivity contribution is -0.149. The maximum Gasteiger partial charge on any atom is 0.417 e. The van der Waals surface area contributed by atoms with E-state index in [1.807, 2.05) is 0 Å². The van der Waals surface area contributed by atoms with Crippen LogP contribution in [0, 0.1) is 34.5 Å². The van der Waals surface area contributed by atoms with E-state index in [1.54, 1.807) is 12.1 Å². The largest absolute Gasteiger partial charge is 0.468 e. The molecule has 0 aromatic carbocycles. The normalized spacial score (nSPS) is 17.0. The number of ether oxygens (including phenoxy) is 1. The smallest absolute Gasteiger partial charge is 0.417 e. The van der Waals surface area contributed by atoms with E-state index in [1.165, 1.54) is 0 Å². The lowest BCUT2D eigenvalue weighted by atomic mass is 9.69. The summed E-state index contributed by atoms with van der Waals surface area (Å²) < 4.78 is 42.7. The second kappa shape index (κ2) is 5.88. The van der Waals surface area contributed by atoms with E-state index in [0.717, 1.165) is 19.2 Å². The fourth-order valence-electron chi connectivity index (χ4n) is 2.73. The minimum Gasteiger partial charge on any atom is -0.468 e. The van der Waals surface area contributed by atoms with Gasteiger partial charge in [-0.2, -0.15) is 23.7 Å². The Kier molecular flexibility index (Phi) is 4.28. The molecule has 5 nitrogen and oxygen atoms in total. The summed E-state index contributed by atoms with van der Waals surface area (Å²) in [6.45, 7) is 0. The highest BCUT2D eigenvalue weighted by Gasteiger charge is 2.60. The van der Waals surface area contributed by atoms with Crippen molar-refractivity contribution < 1.29 is 22.7 Å². The Morgan fingerprint density at radius 3 is 2.30 bits per heavy atom. The molecule has 1 heterocycles. The third-order valence-corrected chi connectivity index (χ3v) is 3.97. The first-order valence-electron chi connectivity index (χ1n) is 6.73. The molecule has 1 aliphatic rings. The average Bonchev–Trinajstić information content (AvgIpc) is 3.36. The molecule has 1 aromatic heterocycles. The Morgan fingerprint density at radius 2 is 1.96 bits per heavy atom. The SMILES string of the molecule is COC(=O)C(c1ccc(C(F)(F)F)cn1)(C(C#N)C#N)C1CC1. The van der Waals surface area contributed by atoms with Gasteiger partial charge in [0.2, 0.25) is 0 Å². The Balaban J connectivity index is 2.61. The summed E-state index contributed by atoms with van der Waals surface area (Å²) in [5, 5.41) is 18.5. The molecule has 1 aliphatic carbocycles. The van der Waals surface area contributed by atoms with Gasteiger partial charge in [0.25, 0.3) is 0 Å². The predicted octanol–water partition coefficient (Wildman–Crippen LogP) is 2.58. The zero-order valence-electron chi connectivity index (χ0n) is 12.1. The molecule has 0 aliphatic heterocycles. The summed E-state index contributed by atoms with van der Waals surface area (Å²) in [7, 11) is 1.11. The minimum absolute atomic E-state index is 0.0482. The van der Waals surface area contributed by atoms with Crippen LogP contribution in [0.25, 0.3) is 0 Å². The molecular formula is C15H12F3N3O2. The molecular weight excluding hydrogens is 311 g/mol. The van der Waals surface area contributed by atoms with Crippen molar-refractivity contribution in [3.05, 3.63) is 29.6 Å². The lowest BCUT2D eigenvalue weighted by Gasteiger charge is -2.31. The van der Waals surface area contributed by atoms with Crippen LogP contribution in [0.15, 0.2) is 18.3 Å². The number of hydrogen-bond donors (Lipinski definition) is 0. The summed E-state index contributed by atoms with van der Waals surface area (Å²) in [6, 6.07) is 5.32. The maximum absolute atomic E-state index is 12.7. The van der Waals surface area contributed by atoms with Crippen LogP contribution in [0.1, 0.15) is 24.1 Å². The number of rotatable bonds is 4. The molecule has 1 aromatic rings. The molecule has 8 heteroatoms. The van der Waals surface area contributed by atoms with Crippen LogP contribution in [0.3, 0.4) is 0 Å². The zero-order valence-corrected chi connectivity index (χ0v) is 12.1. The maximum atomic E-state index is 12.7. The van der Waals surface area contributed by atoms with Crippen molar-refractivity contribution in [1.29, 1.82) is 10.5 Å². The number of pyridine rings is 1. The van der Waals surface area contributed by atoms with Crippen molar-refractivity contribution in [2.45, 2.75) is 24.4 Å². The molecule has 23 heavy (non-hydrogen) atoms. The van der Waals surface area contributed by atoms with Gasteiger partial charge in [-0.05, 0) is 30.9 Å². The van der Waals surface area contributed by atoms with Crippen LogP contribution < -0.4 is 0 Å². The molecule has 0 radical (unpaired) electrons. The molecule has 1 fully saturated rings. The summed E-state index contributed by atoms with van der Waals surface area (Å²) in [4.78, 5) is 16.1. The number of hydrogen-bond acceptors (Lipinski definition) is 5. The number of methoxy groups -OCH3 is 1. The molecule has 0 spiro atoms. The highest BCUT2D eigenvalue weighted by Crippen LogP contribution is 2.52. The standard InChI is InChI=1S/C15H12F3N3O2/c1-23-13(22)14(9-2-3-9,11(6-19)7-20)12-5-4-10(8-21-12)15(16,17)18/h4-5,8-9,11H,2-3H2,1H3. The zero-order chi connectivity index (χ0) is 17.3. The number of carbonyl (C=O) groups excluding carboxylic acids is 1. The van der Waals surface area contributed by atoms with Gasteiger partial charge < -0.3 is 4.74 Å². The molecule has 0 N–H and O–H groups in total. The molecule has 2 rings (SSSR count). The number of halogens is 3. The number of nitrogens with zero attached hydrogens (tertiary/aromatic N) is 3. The lowest BCUT2D eigenvalue weighted by Crippen LogP contribution is -2.46. The number of nitriles is 2. The first-order chi connectivity index (χ1) is 10.8. The monoisotopic (exact) mass is 323 g/mol. The van der Waals surface area contributed by atoms with Crippen LogP contribution >= 0.6 is 0 Å². The minimum atomic E-state index is -4.57. The van der Waals surface area contributed by atoms with E-state index >= 15 is 0 Å². The van der Waals surface area contributed by atoms with E-state index in [2.05, 4.69) is 4.98 Å². The van der Waals surface area contributed by atoms with Crippen LogP contribution in [-0.4, -0.2) is 18.1 Å². The second-order valence-electron chi connectivity index (χ2n) is 5.26. The Bertz CT molecular complexity index is 670. The van der Waals surface area contributed by atoms with Crippen molar-refractivity contribution in [3.8, 4) is 12.1 Å². The van der Waals surface area contributed by atoms with Crippen LogP contribution in [0.2, 0.25) is 0 Å². The van der Waals surface area contributed by atoms with Gasteiger partial charge in [0.05, 0.1) is 30.5 Å². The van der Waals surface area contributed by atoms with Crippen molar-refractivity contribution in [2.24, 2.45) is 11.8 Å². The predicted molar refractivity (Wildman–Crippen MR) is 70.4 cm³/mol. The first kappa shape index (κ1) is 16.8. The molecule has 1 saturated carbocycles. The van der Waals surface area contributed by atoms with Crippen molar-refractivity contribution in [3.63, 3.8) is 0 Å². The summed E-state index contributed by atoms with van der Waals surface area (Å²) in [6.07, 6.45) is -2.83. The molecule has 0 saturated heterocycles. The topological polar surface area (TPSA) is 86.8 Å². The fraction of sp³-hybridized carbons (Fsp3) is 0.467.